The van der Waals surface area contributed by atoms with Crippen LogP contribution in [0.5, 0.6) is 0 Å². The highest BCUT2D eigenvalue weighted by atomic mass is 32.2. The molecule has 1 fully saturated rings. The van der Waals surface area contributed by atoms with Crippen molar-refractivity contribution in [1.29, 1.82) is 0 Å². The zero-order valence-electron chi connectivity index (χ0n) is 11.2. The number of thioether (sulfide) groups is 1. The van der Waals surface area contributed by atoms with E-state index in [2.05, 4.69) is 11.6 Å². The molecule has 0 aromatic rings. The molecule has 0 spiro atoms. The van der Waals surface area contributed by atoms with Crippen molar-refractivity contribution in [2.75, 3.05) is 18.6 Å². The lowest BCUT2D eigenvalue weighted by Gasteiger charge is -2.34. The third-order valence-corrected chi connectivity index (χ3v) is 4.76. The van der Waals surface area contributed by atoms with Gasteiger partial charge >= 0.3 is 0 Å². The van der Waals surface area contributed by atoms with E-state index in [-0.39, 0.29) is 5.91 Å². The molecule has 0 aliphatic heterocycles. The fourth-order valence-corrected chi connectivity index (χ4v) is 3.27. The lowest BCUT2D eigenvalue weighted by Crippen LogP contribution is -2.50. The van der Waals surface area contributed by atoms with Crippen LogP contribution in [0, 0.1) is 5.41 Å². The molecule has 18 heavy (non-hydrogen) atoms. The number of rotatable bonds is 7. The summed E-state index contributed by atoms with van der Waals surface area (Å²) in [6.07, 6.45) is 9.20. The highest BCUT2D eigenvalue weighted by Crippen LogP contribution is 2.36. The van der Waals surface area contributed by atoms with Crippen LogP contribution in [0.1, 0.15) is 44.9 Å². The van der Waals surface area contributed by atoms with E-state index in [1.165, 1.54) is 6.42 Å². The zero-order valence-corrected chi connectivity index (χ0v) is 12.8. The quantitative estimate of drug-likeness (QED) is 0.558. The summed E-state index contributed by atoms with van der Waals surface area (Å²) in [5, 5.41) is 3.02. The first-order valence-electron chi connectivity index (χ1n) is 6.70. The Morgan fingerprint density at radius 3 is 2.56 bits per heavy atom. The van der Waals surface area contributed by atoms with Gasteiger partial charge in [-0.25, -0.2) is 0 Å². The van der Waals surface area contributed by atoms with Crippen molar-refractivity contribution in [3.05, 3.63) is 0 Å². The molecular weight excluding hydrogens is 264 g/mol. The van der Waals surface area contributed by atoms with Crippen LogP contribution in [0.15, 0.2) is 0 Å². The summed E-state index contributed by atoms with van der Waals surface area (Å²) in [6, 6.07) is 0. The van der Waals surface area contributed by atoms with Gasteiger partial charge in [0.2, 0.25) is 5.91 Å². The molecule has 0 atom stereocenters. The second kappa shape index (κ2) is 8.00. The summed E-state index contributed by atoms with van der Waals surface area (Å²) >= 11 is 6.98. The lowest BCUT2D eigenvalue weighted by atomic mass is 9.73. The van der Waals surface area contributed by atoms with Crippen LogP contribution in [0.3, 0.4) is 0 Å². The number of thiocarbonyl (C=S) groups is 1. The summed E-state index contributed by atoms with van der Waals surface area (Å²) in [4.78, 5) is 12.7. The fourth-order valence-electron chi connectivity index (χ4n) is 2.48. The summed E-state index contributed by atoms with van der Waals surface area (Å²) in [7, 11) is 0. The number of hydrogen-bond acceptors (Lipinski definition) is 3. The molecule has 5 heteroatoms. The minimum absolute atomic E-state index is 0.0545. The summed E-state index contributed by atoms with van der Waals surface area (Å²) < 4.78 is 0. The molecule has 1 aliphatic rings. The number of carbonyl (C=O) groups is 1. The monoisotopic (exact) mass is 288 g/mol. The minimum atomic E-state index is -0.562. The molecule has 0 aromatic heterocycles. The van der Waals surface area contributed by atoms with E-state index in [9.17, 15) is 4.79 Å². The number of carbonyl (C=O) groups excluding carboxylic acids is 1. The number of nitrogens with two attached hydrogens (primary N) is 1. The van der Waals surface area contributed by atoms with Crippen molar-refractivity contribution >= 4 is 34.9 Å². The first-order valence-corrected chi connectivity index (χ1v) is 8.51. The van der Waals surface area contributed by atoms with E-state index in [0.717, 1.165) is 50.8 Å². The van der Waals surface area contributed by atoms with Crippen molar-refractivity contribution in [3.8, 4) is 0 Å². The fraction of sp³-hybridized carbons (Fsp3) is 0.846. The van der Waals surface area contributed by atoms with Gasteiger partial charge in [0.15, 0.2) is 0 Å². The maximum atomic E-state index is 12.3. The van der Waals surface area contributed by atoms with Gasteiger partial charge in [0, 0.05) is 6.54 Å². The SMILES string of the molecule is CSCCCCNC(=O)C1(C(N)=S)CCCCC1. The van der Waals surface area contributed by atoms with E-state index in [1.807, 2.05) is 11.8 Å². The Bertz CT molecular complexity index is 289. The molecule has 0 aromatic carbocycles. The summed E-state index contributed by atoms with van der Waals surface area (Å²) in [6.45, 7) is 0.740. The van der Waals surface area contributed by atoms with Crippen molar-refractivity contribution in [2.45, 2.75) is 44.9 Å². The first-order chi connectivity index (χ1) is 8.63. The number of unbranched alkanes of at least 4 members (excludes halogenated alkanes) is 1. The molecule has 0 unspecified atom stereocenters. The Balaban J connectivity index is 2.43. The van der Waals surface area contributed by atoms with Gasteiger partial charge in [-0.1, -0.05) is 31.5 Å². The third-order valence-electron chi connectivity index (χ3n) is 3.67. The van der Waals surface area contributed by atoms with E-state index in [1.54, 1.807) is 0 Å². The summed E-state index contributed by atoms with van der Waals surface area (Å²) in [5.41, 5.74) is 5.26. The van der Waals surface area contributed by atoms with Gasteiger partial charge in [-0.05, 0) is 37.7 Å². The Labute approximate surface area is 120 Å². The highest BCUT2D eigenvalue weighted by molar-refractivity contribution is 7.98. The Morgan fingerprint density at radius 1 is 1.33 bits per heavy atom. The molecule has 3 nitrogen and oxygen atoms in total. The van der Waals surface area contributed by atoms with E-state index in [4.69, 9.17) is 18.0 Å². The van der Waals surface area contributed by atoms with Crippen LogP contribution in [-0.4, -0.2) is 29.4 Å². The van der Waals surface area contributed by atoms with Gasteiger partial charge in [0.05, 0.1) is 10.4 Å². The molecule has 104 valence electrons. The molecule has 1 aliphatic carbocycles. The second-order valence-electron chi connectivity index (χ2n) is 4.96. The lowest BCUT2D eigenvalue weighted by molar-refractivity contribution is -0.128. The minimum Gasteiger partial charge on any atom is -0.392 e. The number of hydrogen-bond donors (Lipinski definition) is 2. The third kappa shape index (κ3) is 4.12. The Morgan fingerprint density at radius 2 is 2.00 bits per heavy atom. The maximum absolute atomic E-state index is 12.3. The van der Waals surface area contributed by atoms with Gasteiger partial charge in [-0.2, -0.15) is 11.8 Å². The first kappa shape index (κ1) is 15.8. The van der Waals surface area contributed by atoms with Gasteiger partial charge in [-0.15, -0.1) is 0 Å². The van der Waals surface area contributed by atoms with Crippen molar-refractivity contribution < 1.29 is 4.79 Å². The van der Waals surface area contributed by atoms with Crippen molar-refractivity contribution in [1.82, 2.24) is 5.32 Å². The molecular formula is C13H24N2OS2. The molecule has 1 rings (SSSR count). The van der Waals surface area contributed by atoms with Gasteiger partial charge in [-0.3, -0.25) is 4.79 Å². The van der Waals surface area contributed by atoms with Crippen molar-refractivity contribution in [2.24, 2.45) is 11.1 Å². The maximum Gasteiger partial charge on any atom is 0.233 e. The number of nitrogens with one attached hydrogen (secondary N) is 1. The van der Waals surface area contributed by atoms with Crippen LogP contribution >= 0.6 is 24.0 Å². The van der Waals surface area contributed by atoms with E-state index < -0.39 is 5.41 Å². The smallest absolute Gasteiger partial charge is 0.233 e. The molecule has 0 bridgehead atoms. The predicted molar refractivity (Wildman–Crippen MR) is 82.9 cm³/mol. The highest BCUT2D eigenvalue weighted by Gasteiger charge is 2.41. The van der Waals surface area contributed by atoms with Crippen LogP contribution < -0.4 is 11.1 Å². The topological polar surface area (TPSA) is 55.1 Å². The van der Waals surface area contributed by atoms with Crippen LogP contribution in [0.4, 0.5) is 0 Å². The molecule has 3 N–H and O–H groups in total. The molecule has 0 heterocycles. The largest absolute Gasteiger partial charge is 0.392 e. The van der Waals surface area contributed by atoms with Crippen molar-refractivity contribution in [3.63, 3.8) is 0 Å². The van der Waals surface area contributed by atoms with Gasteiger partial charge in [0.1, 0.15) is 0 Å². The van der Waals surface area contributed by atoms with E-state index in [0.29, 0.717) is 4.99 Å². The van der Waals surface area contributed by atoms with E-state index >= 15 is 0 Å². The second-order valence-corrected chi connectivity index (χ2v) is 6.39. The van der Waals surface area contributed by atoms with Crippen LogP contribution in [0.25, 0.3) is 0 Å². The predicted octanol–water partition coefficient (Wildman–Crippen LogP) is 2.48. The molecule has 1 amide bonds. The number of amides is 1. The normalized spacial score (nSPS) is 18.3. The molecule has 0 saturated heterocycles. The van der Waals surface area contributed by atoms with Gasteiger partial charge in [0.25, 0.3) is 0 Å². The van der Waals surface area contributed by atoms with Crippen LogP contribution in [0.2, 0.25) is 0 Å². The van der Waals surface area contributed by atoms with Crippen LogP contribution in [-0.2, 0) is 4.79 Å². The average molecular weight is 288 g/mol. The standard InChI is InChI=1S/C13H24N2OS2/c1-18-10-6-5-9-15-12(16)13(11(14)17)7-3-2-4-8-13/h2-10H2,1H3,(H2,14,17)(H,15,16). The Kier molecular flexibility index (Phi) is 7.00. The Hall–Kier alpha value is -0.290. The summed E-state index contributed by atoms with van der Waals surface area (Å²) in [5.74, 6) is 1.20. The average Bonchev–Trinajstić information content (AvgIpc) is 2.39. The zero-order chi connectivity index (χ0) is 13.4. The molecule has 1 saturated carbocycles. The molecule has 0 radical (unpaired) electrons. The van der Waals surface area contributed by atoms with Gasteiger partial charge < -0.3 is 11.1 Å².